The molecule has 2 N–H and O–H groups in total. The smallest absolute Gasteiger partial charge is 0.130 e. The van der Waals surface area contributed by atoms with Crippen molar-refractivity contribution in [1.29, 1.82) is 0 Å². The van der Waals surface area contributed by atoms with E-state index in [9.17, 15) is 4.39 Å². The summed E-state index contributed by atoms with van der Waals surface area (Å²) in [5.74, 6) is 0.155. The van der Waals surface area contributed by atoms with Gasteiger partial charge in [-0.2, -0.15) is 5.10 Å². The van der Waals surface area contributed by atoms with Crippen LogP contribution >= 0.6 is 0 Å². The summed E-state index contributed by atoms with van der Waals surface area (Å²) in [5, 5.41) is 4.35. The molecular formula is C15H20FN3O. The van der Waals surface area contributed by atoms with E-state index in [-0.39, 0.29) is 11.9 Å². The predicted molar refractivity (Wildman–Crippen MR) is 75.9 cm³/mol. The van der Waals surface area contributed by atoms with Gasteiger partial charge in [0.2, 0.25) is 0 Å². The molecule has 2 aromatic rings. The Labute approximate surface area is 118 Å². The Morgan fingerprint density at radius 2 is 2.15 bits per heavy atom. The van der Waals surface area contributed by atoms with Gasteiger partial charge in [0.05, 0.1) is 11.4 Å². The minimum Gasteiger partial charge on any atom is -0.487 e. The molecule has 0 saturated heterocycles. The van der Waals surface area contributed by atoms with Gasteiger partial charge in [0.1, 0.15) is 18.2 Å². The van der Waals surface area contributed by atoms with Crippen molar-refractivity contribution in [2.24, 2.45) is 12.8 Å². The Bertz CT molecular complexity index is 593. The first kappa shape index (κ1) is 14.5. The maximum Gasteiger partial charge on any atom is 0.130 e. The molecule has 0 bridgehead atoms. The van der Waals surface area contributed by atoms with E-state index in [4.69, 9.17) is 10.5 Å². The molecule has 1 atom stereocenters. The largest absolute Gasteiger partial charge is 0.487 e. The molecule has 0 spiro atoms. The number of halogens is 1. The Morgan fingerprint density at radius 1 is 1.40 bits per heavy atom. The normalized spacial score (nSPS) is 12.4. The second kappa shape index (κ2) is 6.05. The van der Waals surface area contributed by atoms with Gasteiger partial charge in [-0.1, -0.05) is 13.0 Å². The zero-order valence-corrected chi connectivity index (χ0v) is 12.1. The summed E-state index contributed by atoms with van der Waals surface area (Å²) in [5.41, 5.74) is 8.62. The fourth-order valence-corrected chi connectivity index (χ4v) is 2.04. The third-order valence-corrected chi connectivity index (χ3v) is 3.23. The van der Waals surface area contributed by atoms with E-state index in [1.807, 2.05) is 27.0 Å². The van der Waals surface area contributed by atoms with Crippen LogP contribution in [-0.4, -0.2) is 9.78 Å². The number of hydrogen-bond donors (Lipinski definition) is 1. The second-order valence-electron chi connectivity index (χ2n) is 4.86. The van der Waals surface area contributed by atoms with Crippen molar-refractivity contribution in [3.05, 3.63) is 47.0 Å². The van der Waals surface area contributed by atoms with Crippen LogP contribution in [0.5, 0.6) is 5.75 Å². The number of hydrogen-bond acceptors (Lipinski definition) is 3. The second-order valence-corrected chi connectivity index (χ2v) is 4.86. The number of nitrogens with two attached hydrogens (primary N) is 1. The van der Waals surface area contributed by atoms with Crippen LogP contribution in [0.2, 0.25) is 0 Å². The van der Waals surface area contributed by atoms with Crippen molar-refractivity contribution < 1.29 is 9.13 Å². The number of nitrogens with zero attached hydrogens (tertiary/aromatic N) is 2. The SMILES string of the molecule is CCc1cc(COc2cc(F)ccc2[C@@H](C)N)n(C)n1. The highest BCUT2D eigenvalue weighted by Gasteiger charge is 2.11. The summed E-state index contributed by atoms with van der Waals surface area (Å²) in [6.07, 6.45) is 0.874. The topological polar surface area (TPSA) is 53.1 Å². The molecule has 5 heteroatoms. The molecule has 0 aliphatic rings. The van der Waals surface area contributed by atoms with E-state index < -0.39 is 0 Å². The van der Waals surface area contributed by atoms with Crippen molar-refractivity contribution in [3.63, 3.8) is 0 Å². The van der Waals surface area contributed by atoms with Crippen LogP contribution in [0.3, 0.4) is 0 Å². The van der Waals surface area contributed by atoms with Crippen molar-refractivity contribution in [1.82, 2.24) is 9.78 Å². The van der Waals surface area contributed by atoms with Gasteiger partial charge < -0.3 is 10.5 Å². The van der Waals surface area contributed by atoms with Crippen LogP contribution in [0.15, 0.2) is 24.3 Å². The van der Waals surface area contributed by atoms with Crippen LogP contribution in [0.25, 0.3) is 0 Å². The first-order valence-electron chi connectivity index (χ1n) is 6.71. The fourth-order valence-electron chi connectivity index (χ4n) is 2.04. The van der Waals surface area contributed by atoms with Crippen molar-refractivity contribution in [2.45, 2.75) is 32.9 Å². The molecule has 2 rings (SSSR count). The molecule has 0 saturated carbocycles. The lowest BCUT2D eigenvalue weighted by Gasteiger charge is -2.14. The minimum atomic E-state index is -0.330. The molecule has 0 aliphatic carbocycles. The fraction of sp³-hybridized carbons (Fsp3) is 0.400. The maximum atomic E-state index is 13.3. The lowest BCUT2D eigenvalue weighted by Crippen LogP contribution is -2.09. The quantitative estimate of drug-likeness (QED) is 0.914. The zero-order valence-electron chi connectivity index (χ0n) is 12.1. The van der Waals surface area contributed by atoms with Gasteiger partial charge in [0, 0.05) is 24.7 Å². The zero-order chi connectivity index (χ0) is 14.7. The lowest BCUT2D eigenvalue weighted by molar-refractivity contribution is 0.289. The summed E-state index contributed by atoms with van der Waals surface area (Å²) in [4.78, 5) is 0. The number of aromatic nitrogens is 2. The molecule has 1 heterocycles. The summed E-state index contributed by atoms with van der Waals surface area (Å²) >= 11 is 0. The van der Waals surface area contributed by atoms with Gasteiger partial charge in [-0.05, 0) is 25.5 Å². The summed E-state index contributed by atoms with van der Waals surface area (Å²) in [6, 6.07) is 6.21. The average Bonchev–Trinajstić information content (AvgIpc) is 2.76. The van der Waals surface area contributed by atoms with Crippen LogP contribution in [0.1, 0.15) is 36.8 Å². The summed E-state index contributed by atoms with van der Waals surface area (Å²) in [7, 11) is 1.87. The first-order chi connectivity index (χ1) is 9.51. The van der Waals surface area contributed by atoms with E-state index in [0.29, 0.717) is 12.4 Å². The molecule has 108 valence electrons. The average molecular weight is 277 g/mol. The van der Waals surface area contributed by atoms with Gasteiger partial charge in [-0.15, -0.1) is 0 Å². The summed E-state index contributed by atoms with van der Waals surface area (Å²) < 4.78 is 20.8. The highest BCUT2D eigenvalue weighted by Crippen LogP contribution is 2.25. The minimum absolute atomic E-state index is 0.205. The van der Waals surface area contributed by atoms with Crippen LogP contribution in [-0.2, 0) is 20.1 Å². The molecule has 20 heavy (non-hydrogen) atoms. The molecule has 1 aromatic carbocycles. The monoisotopic (exact) mass is 277 g/mol. The van der Waals surface area contributed by atoms with Crippen LogP contribution in [0.4, 0.5) is 4.39 Å². The molecule has 1 aromatic heterocycles. The van der Waals surface area contributed by atoms with E-state index in [2.05, 4.69) is 5.10 Å². The van der Waals surface area contributed by atoms with E-state index in [1.165, 1.54) is 12.1 Å². The third-order valence-electron chi connectivity index (χ3n) is 3.23. The van der Waals surface area contributed by atoms with Gasteiger partial charge in [-0.25, -0.2) is 4.39 Å². The van der Waals surface area contributed by atoms with Gasteiger partial charge in [0.25, 0.3) is 0 Å². The Morgan fingerprint density at radius 3 is 2.75 bits per heavy atom. The Kier molecular flexibility index (Phi) is 4.39. The predicted octanol–water partition coefficient (Wildman–Crippen LogP) is 2.72. The molecule has 0 amide bonds. The van der Waals surface area contributed by atoms with Crippen LogP contribution in [0, 0.1) is 5.82 Å². The number of rotatable bonds is 5. The van der Waals surface area contributed by atoms with E-state index >= 15 is 0 Å². The molecule has 0 radical (unpaired) electrons. The Hall–Kier alpha value is -1.88. The third kappa shape index (κ3) is 3.17. The Balaban J connectivity index is 2.17. The summed E-state index contributed by atoms with van der Waals surface area (Å²) in [6.45, 7) is 4.24. The number of benzene rings is 1. The van der Waals surface area contributed by atoms with Crippen molar-refractivity contribution in [2.75, 3.05) is 0 Å². The molecule has 0 fully saturated rings. The van der Waals surface area contributed by atoms with Gasteiger partial charge in [0.15, 0.2) is 0 Å². The van der Waals surface area contributed by atoms with Gasteiger partial charge in [-0.3, -0.25) is 4.68 Å². The molecule has 0 unspecified atom stereocenters. The molecule has 0 aliphatic heterocycles. The standard InChI is InChI=1S/C15H20FN3O/c1-4-12-8-13(19(3)18-12)9-20-15-7-11(16)5-6-14(15)10(2)17/h5-8,10H,4,9,17H2,1-3H3/t10-/m1/s1. The van der Waals surface area contributed by atoms with E-state index in [0.717, 1.165) is 23.4 Å². The molecule has 4 nitrogen and oxygen atoms in total. The van der Waals surface area contributed by atoms with Crippen molar-refractivity contribution in [3.8, 4) is 5.75 Å². The van der Waals surface area contributed by atoms with Crippen LogP contribution < -0.4 is 10.5 Å². The highest BCUT2D eigenvalue weighted by molar-refractivity contribution is 5.36. The van der Waals surface area contributed by atoms with E-state index in [1.54, 1.807) is 10.7 Å². The number of ether oxygens (including phenoxy) is 1. The lowest BCUT2D eigenvalue weighted by atomic mass is 10.1. The first-order valence-corrected chi connectivity index (χ1v) is 6.71. The highest BCUT2D eigenvalue weighted by atomic mass is 19.1. The van der Waals surface area contributed by atoms with Crippen molar-refractivity contribution >= 4 is 0 Å². The molecular weight excluding hydrogens is 257 g/mol. The number of aryl methyl sites for hydroxylation is 2. The van der Waals surface area contributed by atoms with Gasteiger partial charge >= 0.3 is 0 Å². The maximum absolute atomic E-state index is 13.3.